The molecule has 1 saturated heterocycles. The average molecular weight is 568 g/mol. The maximum Gasteiger partial charge on any atom is 0.255 e. The summed E-state index contributed by atoms with van der Waals surface area (Å²) in [6, 6.07) is 3.40. The van der Waals surface area contributed by atoms with E-state index in [1.54, 1.807) is 33.2 Å². The number of nitrogens with two attached hydrogens (primary N) is 1. The quantitative estimate of drug-likeness (QED) is 0.300. The Kier molecular flexibility index (Phi) is 7.33. The van der Waals surface area contributed by atoms with Gasteiger partial charge in [-0.25, -0.2) is 0 Å². The zero-order valence-electron chi connectivity index (χ0n) is 23.5. The van der Waals surface area contributed by atoms with E-state index in [1.807, 2.05) is 0 Å². The van der Waals surface area contributed by atoms with Crippen LogP contribution in [0, 0.1) is 17.8 Å². The maximum absolute atomic E-state index is 14.3. The Labute approximate surface area is 237 Å². The van der Waals surface area contributed by atoms with E-state index in [1.165, 1.54) is 11.0 Å². The first kappa shape index (κ1) is 29.0. The largest absolute Gasteiger partial charge is 0.508 e. The first-order valence-electron chi connectivity index (χ1n) is 14.0. The number of aromatic hydroxyl groups is 1. The second-order valence-corrected chi connectivity index (χ2v) is 12.0. The number of likely N-dealkylation sites (N-methyl/N-ethyl adjacent to an activating group) is 1. The fourth-order valence-electron chi connectivity index (χ4n) is 7.71. The molecule has 1 saturated carbocycles. The monoisotopic (exact) mass is 567 g/mol. The third-order valence-corrected chi connectivity index (χ3v) is 9.55. The highest BCUT2D eigenvalue weighted by molar-refractivity contribution is 6.24. The van der Waals surface area contributed by atoms with Crippen LogP contribution in [-0.2, 0) is 19.2 Å². The molecular formula is C30H37N3O8. The molecule has 0 bridgehead atoms. The summed E-state index contributed by atoms with van der Waals surface area (Å²) in [5, 5.41) is 45.5. The predicted molar refractivity (Wildman–Crippen MR) is 148 cm³/mol. The number of benzene rings is 1. The summed E-state index contributed by atoms with van der Waals surface area (Å²) >= 11 is 0. The van der Waals surface area contributed by atoms with Crippen molar-refractivity contribution in [1.29, 1.82) is 0 Å². The van der Waals surface area contributed by atoms with Crippen molar-refractivity contribution >= 4 is 29.0 Å². The molecule has 11 heteroatoms. The number of ketones is 3. The number of Topliss-reactive ketones (excluding diaryl/α,β-unsaturated/α-hetero) is 3. The standard InChI is InChI=1S/C30H37N3O8/c1-14-16-7-6-8-18(35)20(16)25(36)21-19(14)17(13-15(34)9-12-33-10-4-5-11-33)23-24(32(2)3)26(37)22(29(31)40)28(39)30(23,41)27(21)38/h6-8,14,17,19,23-24,35-36,39,41H,4-5,9-13H2,1-3H3,(H2,31,40)/t14-,17-,19-,23-,24-,30-/m0/s1. The number of rotatable bonds is 7. The van der Waals surface area contributed by atoms with E-state index < -0.39 is 69.9 Å². The lowest BCUT2D eigenvalue weighted by Gasteiger charge is -2.55. The fourth-order valence-corrected chi connectivity index (χ4v) is 7.71. The number of carbonyl (C=O) groups excluding carboxylic acids is 4. The Balaban J connectivity index is 1.71. The van der Waals surface area contributed by atoms with Crippen LogP contribution in [0.1, 0.15) is 49.7 Å². The Bertz CT molecular complexity index is 1390. The summed E-state index contributed by atoms with van der Waals surface area (Å²) in [7, 11) is 3.09. The van der Waals surface area contributed by atoms with Crippen molar-refractivity contribution in [3.63, 3.8) is 0 Å². The van der Waals surface area contributed by atoms with Gasteiger partial charge in [0.25, 0.3) is 5.91 Å². The number of hydrogen-bond acceptors (Lipinski definition) is 10. The summed E-state index contributed by atoms with van der Waals surface area (Å²) in [6.07, 6.45) is 2.19. The van der Waals surface area contributed by atoms with Crippen LogP contribution in [0.25, 0.3) is 5.76 Å². The summed E-state index contributed by atoms with van der Waals surface area (Å²) in [4.78, 5) is 57.4. The SMILES string of the molecule is C[C@H]1c2cccc(O)c2C(O)=C2C(=O)[C@]3(O)C(O)=C(C(N)=O)C(=O)[C@@H](N(C)C)[C@@H]3[C@@H](CC(=O)CCN3CCCC3)[C@@H]21. The molecule has 11 nitrogen and oxygen atoms in total. The van der Waals surface area contributed by atoms with Gasteiger partial charge < -0.3 is 31.1 Å². The summed E-state index contributed by atoms with van der Waals surface area (Å²) in [5.74, 6) is -9.02. The van der Waals surface area contributed by atoms with Crippen LogP contribution < -0.4 is 5.73 Å². The fraction of sp³-hybridized carbons (Fsp3) is 0.533. The van der Waals surface area contributed by atoms with Crippen molar-refractivity contribution in [3.8, 4) is 5.75 Å². The molecule has 1 amide bonds. The molecule has 0 spiro atoms. The van der Waals surface area contributed by atoms with Gasteiger partial charge in [-0.05, 0) is 63.5 Å². The smallest absolute Gasteiger partial charge is 0.255 e. The van der Waals surface area contributed by atoms with E-state index >= 15 is 0 Å². The first-order chi connectivity index (χ1) is 19.3. The molecular weight excluding hydrogens is 530 g/mol. The normalized spacial score (nSPS) is 31.8. The van der Waals surface area contributed by atoms with E-state index in [9.17, 15) is 39.6 Å². The number of likely N-dealkylation sites (tertiary alicyclic amines) is 1. The van der Waals surface area contributed by atoms with Crippen LogP contribution in [0.2, 0.25) is 0 Å². The maximum atomic E-state index is 14.3. The molecule has 6 atom stereocenters. The third kappa shape index (κ3) is 4.29. The molecule has 0 unspecified atom stereocenters. The summed E-state index contributed by atoms with van der Waals surface area (Å²) in [6.45, 7) is 4.16. The number of hydrogen-bond donors (Lipinski definition) is 5. The lowest BCUT2D eigenvalue weighted by atomic mass is 9.50. The molecule has 220 valence electrons. The molecule has 3 aliphatic carbocycles. The first-order valence-corrected chi connectivity index (χ1v) is 14.0. The van der Waals surface area contributed by atoms with Crippen molar-refractivity contribution in [3.05, 3.63) is 46.2 Å². The molecule has 4 aliphatic rings. The molecule has 2 fully saturated rings. The second-order valence-electron chi connectivity index (χ2n) is 12.0. The Morgan fingerprint density at radius 3 is 2.39 bits per heavy atom. The van der Waals surface area contributed by atoms with Gasteiger partial charge in [0.2, 0.25) is 5.78 Å². The van der Waals surface area contributed by atoms with Gasteiger partial charge in [0.15, 0.2) is 11.4 Å². The summed E-state index contributed by atoms with van der Waals surface area (Å²) < 4.78 is 0. The number of aliphatic hydroxyl groups excluding tert-OH is 2. The van der Waals surface area contributed by atoms with Crippen LogP contribution >= 0.6 is 0 Å². The predicted octanol–water partition coefficient (Wildman–Crippen LogP) is 1.20. The Morgan fingerprint density at radius 2 is 1.78 bits per heavy atom. The molecule has 1 aromatic carbocycles. The van der Waals surface area contributed by atoms with E-state index in [-0.39, 0.29) is 35.5 Å². The van der Waals surface area contributed by atoms with Gasteiger partial charge in [-0.15, -0.1) is 0 Å². The van der Waals surface area contributed by atoms with Crippen LogP contribution in [0.3, 0.4) is 0 Å². The number of amides is 1. The number of fused-ring (bicyclic) bond motifs is 3. The molecule has 1 aromatic rings. The van der Waals surface area contributed by atoms with E-state index in [4.69, 9.17) is 5.73 Å². The second kappa shape index (κ2) is 10.4. The van der Waals surface area contributed by atoms with Gasteiger partial charge in [0, 0.05) is 36.8 Å². The van der Waals surface area contributed by atoms with Crippen molar-refractivity contribution in [2.75, 3.05) is 33.7 Å². The molecule has 1 aliphatic heterocycles. The van der Waals surface area contributed by atoms with Crippen molar-refractivity contribution in [2.45, 2.75) is 50.2 Å². The minimum absolute atomic E-state index is 0.0235. The number of nitrogens with zero attached hydrogens (tertiary/aromatic N) is 2. The molecule has 5 rings (SSSR count). The van der Waals surface area contributed by atoms with Gasteiger partial charge in [-0.1, -0.05) is 19.1 Å². The molecule has 1 heterocycles. The molecule has 41 heavy (non-hydrogen) atoms. The number of aliphatic hydroxyl groups is 3. The van der Waals surface area contributed by atoms with Gasteiger partial charge in [0.05, 0.1) is 11.6 Å². The van der Waals surface area contributed by atoms with Crippen LogP contribution in [0.5, 0.6) is 5.75 Å². The van der Waals surface area contributed by atoms with E-state index in [0.29, 0.717) is 12.1 Å². The van der Waals surface area contributed by atoms with Gasteiger partial charge >= 0.3 is 0 Å². The zero-order valence-corrected chi connectivity index (χ0v) is 23.5. The van der Waals surface area contributed by atoms with Crippen LogP contribution in [-0.4, -0.2) is 98.9 Å². The average Bonchev–Trinajstić information content (AvgIpc) is 3.42. The molecule has 0 radical (unpaired) electrons. The number of phenolic OH excluding ortho intramolecular Hbond substituents is 1. The van der Waals surface area contributed by atoms with E-state index in [0.717, 1.165) is 25.9 Å². The van der Waals surface area contributed by atoms with Crippen LogP contribution in [0.15, 0.2) is 35.1 Å². The lowest BCUT2D eigenvalue weighted by molar-refractivity contribution is -0.162. The molecule has 0 aromatic heterocycles. The van der Waals surface area contributed by atoms with Gasteiger partial charge in [-0.3, -0.25) is 24.1 Å². The lowest BCUT2D eigenvalue weighted by Crippen LogP contribution is -2.69. The third-order valence-electron chi connectivity index (χ3n) is 9.55. The number of primary amides is 1. The Morgan fingerprint density at radius 1 is 1.12 bits per heavy atom. The minimum Gasteiger partial charge on any atom is -0.508 e. The van der Waals surface area contributed by atoms with Crippen molar-refractivity contribution in [1.82, 2.24) is 9.80 Å². The topological polar surface area (TPSA) is 182 Å². The highest BCUT2D eigenvalue weighted by Gasteiger charge is 2.68. The Hall–Kier alpha value is -3.54. The van der Waals surface area contributed by atoms with Crippen LogP contribution in [0.4, 0.5) is 0 Å². The zero-order chi connectivity index (χ0) is 30.0. The van der Waals surface area contributed by atoms with Crippen molar-refractivity contribution < 1.29 is 39.6 Å². The summed E-state index contributed by atoms with van der Waals surface area (Å²) in [5.41, 5.74) is 2.04. The van der Waals surface area contributed by atoms with Gasteiger partial charge in [-0.2, -0.15) is 0 Å². The highest BCUT2D eigenvalue weighted by Crippen LogP contribution is 2.59. The van der Waals surface area contributed by atoms with Crippen molar-refractivity contribution in [2.24, 2.45) is 23.5 Å². The minimum atomic E-state index is -2.82. The number of carbonyl (C=O) groups is 4. The highest BCUT2D eigenvalue weighted by atomic mass is 16.3. The molecule has 6 N–H and O–H groups in total. The van der Waals surface area contributed by atoms with Gasteiger partial charge in [0.1, 0.15) is 28.6 Å². The van der Waals surface area contributed by atoms with E-state index in [2.05, 4.69) is 4.90 Å². The number of phenols is 1.